The summed E-state index contributed by atoms with van der Waals surface area (Å²) in [5.74, 6) is -1.07. The van der Waals surface area contributed by atoms with E-state index in [-0.39, 0.29) is 17.6 Å². The quantitative estimate of drug-likeness (QED) is 0.869. The van der Waals surface area contributed by atoms with E-state index in [1.54, 1.807) is 25.1 Å². The Morgan fingerprint density at radius 2 is 2.05 bits per heavy atom. The second-order valence-corrected chi connectivity index (χ2v) is 5.10. The lowest BCUT2D eigenvalue weighted by Gasteiger charge is -2.27. The first-order valence-corrected chi connectivity index (χ1v) is 6.85. The molecule has 1 unspecified atom stereocenters. The predicted molar refractivity (Wildman–Crippen MR) is 79.6 cm³/mol. The van der Waals surface area contributed by atoms with Crippen molar-refractivity contribution in [3.05, 3.63) is 28.2 Å². The van der Waals surface area contributed by atoms with Crippen LogP contribution in [0.25, 0.3) is 0 Å². The number of carboxylic acids is 1. The Bertz CT molecular complexity index is 508. The van der Waals surface area contributed by atoms with Gasteiger partial charge in [0, 0.05) is 6.04 Å². The first-order chi connectivity index (χ1) is 9.36. The minimum absolute atomic E-state index is 0.205. The number of urea groups is 1. The SMILES string of the molecule is CCC(C)N(CC(=O)O)C(=O)Nc1cccc(Cl)c1Cl. The van der Waals surface area contributed by atoms with Crippen molar-refractivity contribution in [2.24, 2.45) is 0 Å². The highest BCUT2D eigenvalue weighted by atomic mass is 35.5. The summed E-state index contributed by atoms with van der Waals surface area (Å²) in [6.45, 7) is 3.28. The Morgan fingerprint density at radius 3 is 2.60 bits per heavy atom. The molecule has 0 saturated carbocycles. The number of carboxylic acid groups (broad SMARTS) is 1. The molecule has 0 fully saturated rings. The molecule has 0 heterocycles. The number of carbonyl (C=O) groups is 2. The monoisotopic (exact) mass is 318 g/mol. The molecule has 0 aromatic heterocycles. The van der Waals surface area contributed by atoms with E-state index in [1.807, 2.05) is 6.92 Å². The summed E-state index contributed by atoms with van der Waals surface area (Å²) < 4.78 is 0. The topological polar surface area (TPSA) is 69.6 Å². The zero-order valence-electron chi connectivity index (χ0n) is 11.2. The van der Waals surface area contributed by atoms with Gasteiger partial charge in [0.05, 0.1) is 15.7 Å². The number of hydrogen-bond donors (Lipinski definition) is 2. The molecule has 5 nitrogen and oxygen atoms in total. The molecule has 0 aliphatic heterocycles. The number of amides is 2. The maximum Gasteiger partial charge on any atom is 0.323 e. The smallest absolute Gasteiger partial charge is 0.323 e. The molecule has 1 aromatic rings. The van der Waals surface area contributed by atoms with Crippen LogP contribution in [0.5, 0.6) is 0 Å². The van der Waals surface area contributed by atoms with Crippen LogP contribution in [0.1, 0.15) is 20.3 Å². The number of aliphatic carboxylic acids is 1. The summed E-state index contributed by atoms with van der Waals surface area (Å²) in [5.41, 5.74) is 0.350. The Balaban J connectivity index is 2.90. The lowest BCUT2D eigenvalue weighted by atomic mass is 10.2. The fraction of sp³-hybridized carbons (Fsp3) is 0.385. The maximum atomic E-state index is 12.2. The lowest BCUT2D eigenvalue weighted by Crippen LogP contribution is -2.44. The summed E-state index contributed by atoms with van der Waals surface area (Å²) in [5, 5.41) is 12.0. The largest absolute Gasteiger partial charge is 0.480 e. The second-order valence-electron chi connectivity index (χ2n) is 4.31. The molecule has 7 heteroatoms. The van der Waals surface area contributed by atoms with Crippen LogP contribution < -0.4 is 5.32 Å². The van der Waals surface area contributed by atoms with E-state index in [9.17, 15) is 9.59 Å². The summed E-state index contributed by atoms with van der Waals surface area (Å²) in [6.07, 6.45) is 0.643. The minimum atomic E-state index is -1.07. The van der Waals surface area contributed by atoms with Crippen molar-refractivity contribution in [1.29, 1.82) is 0 Å². The van der Waals surface area contributed by atoms with Gasteiger partial charge in [0.2, 0.25) is 0 Å². The van der Waals surface area contributed by atoms with Gasteiger partial charge in [-0.15, -0.1) is 0 Å². The van der Waals surface area contributed by atoms with Crippen molar-refractivity contribution >= 4 is 40.9 Å². The molecule has 110 valence electrons. The third kappa shape index (κ3) is 4.28. The summed E-state index contributed by atoms with van der Waals surface area (Å²) in [6, 6.07) is 4.12. The highest BCUT2D eigenvalue weighted by Gasteiger charge is 2.22. The van der Waals surface area contributed by atoms with Gasteiger partial charge in [-0.3, -0.25) is 4.79 Å². The molecule has 0 aliphatic carbocycles. The van der Waals surface area contributed by atoms with Crippen molar-refractivity contribution in [1.82, 2.24) is 4.90 Å². The molecular formula is C13H16Cl2N2O3. The number of benzene rings is 1. The zero-order chi connectivity index (χ0) is 15.3. The van der Waals surface area contributed by atoms with Gasteiger partial charge < -0.3 is 15.3 Å². The normalized spacial score (nSPS) is 11.8. The highest BCUT2D eigenvalue weighted by Crippen LogP contribution is 2.29. The fourth-order valence-corrected chi connectivity index (χ4v) is 1.93. The molecule has 0 radical (unpaired) electrons. The standard InChI is InChI=1S/C13H16Cl2N2O3/c1-3-8(2)17(7-11(18)19)13(20)16-10-6-4-5-9(14)12(10)15/h4-6,8H,3,7H2,1-2H3,(H,16,20)(H,18,19). The Labute approximate surface area is 127 Å². The Kier molecular flexibility index (Phi) is 6.10. The summed E-state index contributed by atoms with van der Waals surface area (Å²) in [4.78, 5) is 24.2. The number of nitrogens with zero attached hydrogens (tertiary/aromatic N) is 1. The fourth-order valence-electron chi connectivity index (χ4n) is 1.58. The molecule has 2 amide bonds. The Morgan fingerprint density at radius 1 is 1.40 bits per heavy atom. The average Bonchev–Trinajstić information content (AvgIpc) is 2.40. The van der Waals surface area contributed by atoms with Crippen LogP contribution in [0.3, 0.4) is 0 Å². The predicted octanol–water partition coefficient (Wildman–Crippen LogP) is 3.71. The van der Waals surface area contributed by atoms with E-state index in [0.717, 1.165) is 0 Å². The highest BCUT2D eigenvalue weighted by molar-refractivity contribution is 6.43. The van der Waals surface area contributed by atoms with Crippen molar-refractivity contribution in [2.45, 2.75) is 26.3 Å². The molecule has 20 heavy (non-hydrogen) atoms. The molecule has 1 rings (SSSR count). The number of carbonyl (C=O) groups excluding carboxylic acids is 1. The van der Waals surface area contributed by atoms with Crippen LogP contribution in [-0.2, 0) is 4.79 Å². The molecule has 0 bridgehead atoms. The lowest BCUT2D eigenvalue weighted by molar-refractivity contribution is -0.138. The van der Waals surface area contributed by atoms with Crippen LogP contribution in [0.15, 0.2) is 18.2 Å². The summed E-state index contributed by atoms with van der Waals surface area (Å²) in [7, 11) is 0. The van der Waals surface area contributed by atoms with Gasteiger partial charge in [-0.05, 0) is 25.5 Å². The molecule has 0 aliphatic rings. The van der Waals surface area contributed by atoms with Gasteiger partial charge in [0.25, 0.3) is 0 Å². The number of anilines is 1. The van der Waals surface area contributed by atoms with E-state index in [2.05, 4.69) is 5.32 Å². The third-order valence-corrected chi connectivity index (χ3v) is 3.70. The van der Waals surface area contributed by atoms with Crippen LogP contribution >= 0.6 is 23.2 Å². The van der Waals surface area contributed by atoms with E-state index in [1.165, 1.54) is 4.90 Å². The van der Waals surface area contributed by atoms with Crippen LogP contribution in [0.2, 0.25) is 10.0 Å². The van der Waals surface area contributed by atoms with Gasteiger partial charge in [0.15, 0.2) is 0 Å². The van der Waals surface area contributed by atoms with Crippen molar-refractivity contribution in [3.63, 3.8) is 0 Å². The first-order valence-electron chi connectivity index (χ1n) is 6.10. The Hall–Kier alpha value is -1.46. The summed E-state index contributed by atoms with van der Waals surface area (Å²) >= 11 is 11.8. The zero-order valence-corrected chi connectivity index (χ0v) is 12.7. The van der Waals surface area contributed by atoms with E-state index >= 15 is 0 Å². The average molecular weight is 319 g/mol. The van der Waals surface area contributed by atoms with Crippen molar-refractivity contribution < 1.29 is 14.7 Å². The molecule has 1 atom stereocenters. The number of rotatable bonds is 5. The third-order valence-electron chi connectivity index (χ3n) is 2.88. The number of hydrogen-bond acceptors (Lipinski definition) is 2. The molecule has 2 N–H and O–H groups in total. The van der Waals surface area contributed by atoms with E-state index in [0.29, 0.717) is 17.1 Å². The molecule has 1 aromatic carbocycles. The van der Waals surface area contributed by atoms with E-state index < -0.39 is 12.0 Å². The van der Waals surface area contributed by atoms with Gasteiger partial charge in [-0.1, -0.05) is 36.2 Å². The van der Waals surface area contributed by atoms with Crippen molar-refractivity contribution in [3.8, 4) is 0 Å². The van der Waals surface area contributed by atoms with Gasteiger partial charge in [0.1, 0.15) is 6.54 Å². The molecule has 0 spiro atoms. The van der Waals surface area contributed by atoms with E-state index in [4.69, 9.17) is 28.3 Å². The minimum Gasteiger partial charge on any atom is -0.480 e. The van der Waals surface area contributed by atoms with Crippen LogP contribution in [-0.4, -0.2) is 34.6 Å². The molecular weight excluding hydrogens is 303 g/mol. The van der Waals surface area contributed by atoms with Crippen LogP contribution in [0, 0.1) is 0 Å². The van der Waals surface area contributed by atoms with Crippen LogP contribution in [0.4, 0.5) is 10.5 Å². The maximum absolute atomic E-state index is 12.2. The first kappa shape index (κ1) is 16.6. The number of halogens is 2. The van der Waals surface area contributed by atoms with Crippen molar-refractivity contribution in [2.75, 3.05) is 11.9 Å². The molecule has 0 saturated heterocycles. The second kappa shape index (κ2) is 7.36. The van der Waals surface area contributed by atoms with Gasteiger partial charge in [-0.2, -0.15) is 0 Å². The van der Waals surface area contributed by atoms with Gasteiger partial charge in [-0.25, -0.2) is 4.79 Å². The number of nitrogens with one attached hydrogen (secondary N) is 1. The van der Waals surface area contributed by atoms with Gasteiger partial charge >= 0.3 is 12.0 Å².